The Balaban J connectivity index is 2.28. The molecule has 0 radical (unpaired) electrons. The first-order valence-corrected chi connectivity index (χ1v) is 7.22. The Morgan fingerprint density at radius 3 is 2.81 bits per heavy atom. The molecule has 1 aromatic carbocycles. The molecule has 0 fully saturated rings. The zero-order valence-corrected chi connectivity index (χ0v) is 13.0. The van der Waals surface area contributed by atoms with Crippen molar-refractivity contribution in [1.29, 1.82) is 0 Å². The SMILES string of the molecule is CCCN(C)c1cnn(Cc2c(N)cccc2Cl)c(=O)c1. The Bertz CT molecular complexity index is 663. The van der Waals surface area contributed by atoms with E-state index in [-0.39, 0.29) is 12.1 Å². The van der Waals surface area contributed by atoms with E-state index in [2.05, 4.69) is 12.0 Å². The van der Waals surface area contributed by atoms with Crippen LogP contribution >= 0.6 is 11.6 Å². The van der Waals surface area contributed by atoms with Gasteiger partial charge in [0.25, 0.3) is 5.56 Å². The molecule has 0 spiro atoms. The van der Waals surface area contributed by atoms with Crippen molar-refractivity contribution in [2.45, 2.75) is 19.9 Å². The van der Waals surface area contributed by atoms with Gasteiger partial charge in [-0.3, -0.25) is 4.79 Å². The van der Waals surface area contributed by atoms with Crippen molar-refractivity contribution >= 4 is 23.0 Å². The van der Waals surface area contributed by atoms with Crippen molar-refractivity contribution in [3.05, 3.63) is 51.4 Å². The van der Waals surface area contributed by atoms with E-state index >= 15 is 0 Å². The van der Waals surface area contributed by atoms with Crippen molar-refractivity contribution in [2.24, 2.45) is 0 Å². The molecular formula is C15H19ClN4O. The molecule has 0 aliphatic heterocycles. The van der Waals surface area contributed by atoms with Crippen LogP contribution in [-0.4, -0.2) is 23.4 Å². The van der Waals surface area contributed by atoms with E-state index in [1.54, 1.807) is 30.5 Å². The summed E-state index contributed by atoms with van der Waals surface area (Å²) >= 11 is 6.12. The minimum Gasteiger partial charge on any atom is -0.398 e. The maximum absolute atomic E-state index is 12.2. The summed E-state index contributed by atoms with van der Waals surface area (Å²) < 4.78 is 1.36. The standard InChI is InChI=1S/C15H19ClN4O/c1-3-7-19(2)11-8-15(21)20(18-9-11)10-12-13(16)5-4-6-14(12)17/h4-6,8-9H,3,7,10,17H2,1-2H3. The Hall–Kier alpha value is -2.01. The van der Waals surface area contributed by atoms with Crippen molar-refractivity contribution in [2.75, 3.05) is 24.2 Å². The first-order valence-electron chi connectivity index (χ1n) is 6.84. The summed E-state index contributed by atoms with van der Waals surface area (Å²) in [7, 11) is 1.94. The van der Waals surface area contributed by atoms with Crippen molar-refractivity contribution in [3.8, 4) is 0 Å². The van der Waals surface area contributed by atoms with Crippen molar-refractivity contribution in [3.63, 3.8) is 0 Å². The van der Waals surface area contributed by atoms with E-state index in [1.165, 1.54) is 4.68 Å². The highest BCUT2D eigenvalue weighted by molar-refractivity contribution is 6.31. The summed E-state index contributed by atoms with van der Waals surface area (Å²) in [5.41, 5.74) is 7.81. The Kier molecular flexibility index (Phi) is 4.85. The van der Waals surface area contributed by atoms with Crippen molar-refractivity contribution < 1.29 is 0 Å². The van der Waals surface area contributed by atoms with Crippen LogP contribution in [-0.2, 0) is 6.54 Å². The molecule has 112 valence electrons. The zero-order valence-electron chi connectivity index (χ0n) is 12.2. The molecule has 0 bridgehead atoms. The summed E-state index contributed by atoms with van der Waals surface area (Å²) in [6.07, 6.45) is 2.69. The minimum atomic E-state index is -0.172. The second kappa shape index (κ2) is 6.63. The number of hydrogen-bond donors (Lipinski definition) is 1. The normalized spacial score (nSPS) is 10.6. The van der Waals surface area contributed by atoms with E-state index in [1.807, 2.05) is 11.9 Å². The van der Waals surface area contributed by atoms with E-state index in [9.17, 15) is 4.79 Å². The number of rotatable bonds is 5. The van der Waals surface area contributed by atoms with E-state index in [0.717, 1.165) is 18.7 Å². The van der Waals surface area contributed by atoms with Gasteiger partial charge in [-0.2, -0.15) is 5.10 Å². The number of nitrogens with two attached hydrogens (primary N) is 1. The molecule has 1 heterocycles. The molecule has 5 nitrogen and oxygen atoms in total. The fraction of sp³-hybridized carbons (Fsp3) is 0.333. The molecule has 0 saturated heterocycles. The first kappa shape index (κ1) is 15.4. The van der Waals surface area contributed by atoms with Gasteiger partial charge in [-0.1, -0.05) is 24.6 Å². The summed E-state index contributed by atoms with van der Waals surface area (Å²) in [5.74, 6) is 0. The molecule has 2 rings (SSSR count). The van der Waals surface area contributed by atoms with Gasteiger partial charge in [-0.05, 0) is 18.6 Å². The molecular weight excluding hydrogens is 288 g/mol. The highest BCUT2D eigenvalue weighted by atomic mass is 35.5. The lowest BCUT2D eigenvalue weighted by Crippen LogP contribution is -2.26. The third kappa shape index (κ3) is 3.55. The smallest absolute Gasteiger partial charge is 0.269 e. The van der Waals surface area contributed by atoms with Crippen LogP contribution in [0.15, 0.2) is 35.3 Å². The molecule has 0 aliphatic carbocycles. The van der Waals surface area contributed by atoms with Crippen LogP contribution in [0.5, 0.6) is 0 Å². The Morgan fingerprint density at radius 1 is 1.43 bits per heavy atom. The number of nitrogens with zero attached hydrogens (tertiary/aromatic N) is 3. The first-order chi connectivity index (χ1) is 10.0. The largest absolute Gasteiger partial charge is 0.398 e. The van der Waals surface area contributed by atoms with Crippen LogP contribution in [0.2, 0.25) is 5.02 Å². The number of halogens is 1. The van der Waals surface area contributed by atoms with E-state index < -0.39 is 0 Å². The Labute approximate surface area is 128 Å². The second-order valence-electron chi connectivity index (χ2n) is 4.94. The predicted molar refractivity (Wildman–Crippen MR) is 87.0 cm³/mol. The quantitative estimate of drug-likeness (QED) is 0.861. The third-order valence-corrected chi connectivity index (χ3v) is 3.67. The number of nitrogen functional groups attached to an aromatic ring is 1. The monoisotopic (exact) mass is 306 g/mol. The summed E-state index contributed by atoms with van der Waals surface area (Å²) in [6, 6.07) is 6.87. The molecule has 0 amide bonds. The lowest BCUT2D eigenvalue weighted by atomic mass is 10.2. The minimum absolute atomic E-state index is 0.172. The van der Waals surface area contributed by atoms with E-state index in [0.29, 0.717) is 16.3 Å². The van der Waals surface area contributed by atoms with Gasteiger partial charge in [0.05, 0.1) is 18.4 Å². The molecule has 0 aliphatic rings. The highest BCUT2D eigenvalue weighted by Gasteiger charge is 2.09. The molecule has 1 aromatic heterocycles. The fourth-order valence-corrected chi connectivity index (χ4v) is 2.35. The van der Waals surface area contributed by atoms with Gasteiger partial charge < -0.3 is 10.6 Å². The maximum Gasteiger partial charge on any atom is 0.269 e. The number of anilines is 2. The van der Waals surface area contributed by atoms with Crippen LogP contribution in [0, 0.1) is 0 Å². The van der Waals surface area contributed by atoms with Crippen LogP contribution in [0.25, 0.3) is 0 Å². The topological polar surface area (TPSA) is 64.2 Å². The molecule has 2 aromatic rings. The van der Waals surface area contributed by atoms with Gasteiger partial charge >= 0.3 is 0 Å². The van der Waals surface area contributed by atoms with Gasteiger partial charge in [0.1, 0.15) is 0 Å². The summed E-state index contributed by atoms with van der Waals surface area (Å²) in [6.45, 7) is 3.23. The maximum atomic E-state index is 12.2. The Morgan fingerprint density at radius 2 is 2.19 bits per heavy atom. The predicted octanol–water partition coefficient (Wildman–Crippen LogP) is 2.37. The number of benzene rings is 1. The van der Waals surface area contributed by atoms with Crippen LogP contribution in [0.1, 0.15) is 18.9 Å². The van der Waals surface area contributed by atoms with Gasteiger partial charge in [0.15, 0.2) is 0 Å². The van der Waals surface area contributed by atoms with Crippen LogP contribution in [0.4, 0.5) is 11.4 Å². The van der Waals surface area contributed by atoms with Crippen LogP contribution < -0.4 is 16.2 Å². The molecule has 21 heavy (non-hydrogen) atoms. The van der Waals surface area contributed by atoms with Gasteiger partial charge in [-0.25, -0.2) is 4.68 Å². The average Bonchev–Trinajstić information content (AvgIpc) is 2.44. The molecule has 0 saturated carbocycles. The second-order valence-corrected chi connectivity index (χ2v) is 5.35. The van der Waals surface area contributed by atoms with Crippen LogP contribution in [0.3, 0.4) is 0 Å². The zero-order chi connectivity index (χ0) is 15.4. The lowest BCUT2D eigenvalue weighted by Gasteiger charge is -2.18. The van der Waals surface area contributed by atoms with E-state index in [4.69, 9.17) is 17.3 Å². The molecule has 2 N–H and O–H groups in total. The van der Waals surface area contributed by atoms with Gasteiger partial charge in [0, 0.05) is 35.9 Å². The molecule has 6 heteroatoms. The highest BCUT2D eigenvalue weighted by Crippen LogP contribution is 2.22. The number of hydrogen-bond acceptors (Lipinski definition) is 4. The van der Waals surface area contributed by atoms with Crippen molar-refractivity contribution in [1.82, 2.24) is 9.78 Å². The summed E-state index contributed by atoms with van der Waals surface area (Å²) in [5, 5.41) is 4.75. The van der Waals surface area contributed by atoms with Gasteiger partial charge in [0.2, 0.25) is 0 Å². The fourth-order valence-electron chi connectivity index (χ4n) is 2.11. The molecule has 0 unspecified atom stereocenters. The molecule has 0 atom stereocenters. The average molecular weight is 307 g/mol. The number of aromatic nitrogens is 2. The summed E-state index contributed by atoms with van der Waals surface area (Å²) in [4.78, 5) is 14.2. The van der Waals surface area contributed by atoms with Gasteiger partial charge in [-0.15, -0.1) is 0 Å². The third-order valence-electron chi connectivity index (χ3n) is 3.32. The lowest BCUT2D eigenvalue weighted by molar-refractivity contribution is 0.638.